The number of Topliss-reactive ketones (excluding diaryl/α,β-unsaturated/α-hetero) is 1. The van der Waals surface area contributed by atoms with Crippen LogP contribution >= 0.6 is 11.6 Å². The number of esters is 1. The van der Waals surface area contributed by atoms with E-state index in [1.807, 2.05) is 36.4 Å². The molecule has 3 rings (SSSR count). The smallest absolute Gasteiger partial charge is 0.325 e. The van der Waals surface area contributed by atoms with E-state index in [0.29, 0.717) is 10.8 Å². The average molecular weight is 484 g/mol. The number of nitrogens with one attached hydrogen (secondary N) is 1. The molecular weight excluding hydrogens is 458 g/mol. The first kappa shape index (κ1) is 25.0. The second kappa shape index (κ2) is 11.0. The average Bonchev–Trinajstić information content (AvgIpc) is 3.35. The van der Waals surface area contributed by atoms with Crippen molar-refractivity contribution in [3.05, 3.63) is 72.3 Å². The fraction of sp³-hybridized carbons (Fsp3) is 0.280. The molecule has 178 valence electrons. The van der Waals surface area contributed by atoms with Gasteiger partial charge in [0, 0.05) is 24.3 Å². The summed E-state index contributed by atoms with van der Waals surface area (Å²) in [6.07, 6.45) is 3.65. The van der Waals surface area contributed by atoms with E-state index in [9.17, 15) is 14.4 Å². The first-order valence-electron chi connectivity index (χ1n) is 10.6. The molecule has 34 heavy (non-hydrogen) atoms. The number of imidazole rings is 1. The molecule has 0 aliphatic heterocycles. The predicted molar refractivity (Wildman–Crippen MR) is 127 cm³/mol. The van der Waals surface area contributed by atoms with Gasteiger partial charge in [-0.2, -0.15) is 0 Å². The quantitative estimate of drug-likeness (QED) is 0.436. The van der Waals surface area contributed by atoms with Gasteiger partial charge >= 0.3 is 5.97 Å². The van der Waals surface area contributed by atoms with Crippen LogP contribution < -0.4 is 10.1 Å². The van der Waals surface area contributed by atoms with Crippen LogP contribution in [0.25, 0.3) is 11.1 Å². The van der Waals surface area contributed by atoms with Crippen molar-refractivity contribution in [1.82, 2.24) is 14.9 Å². The molecule has 1 unspecified atom stereocenters. The number of carbonyl (C=O) groups is 3. The Balaban J connectivity index is 1.73. The van der Waals surface area contributed by atoms with Gasteiger partial charge in [0.15, 0.2) is 0 Å². The molecule has 0 spiro atoms. The maximum absolute atomic E-state index is 13.4. The zero-order chi connectivity index (χ0) is 24.7. The van der Waals surface area contributed by atoms with E-state index < -0.39 is 17.6 Å². The summed E-state index contributed by atoms with van der Waals surface area (Å²) in [5.74, 6) is -0.792. The molecule has 0 saturated heterocycles. The highest BCUT2D eigenvalue weighted by molar-refractivity contribution is 6.30. The zero-order valence-corrected chi connectivity index (χ0v) is 19.9. The van der Waals surface area contributed by atoms with Crippen LogP contribution in [0, 0.1) is 5.41 Å². The summed E-state index contributed by atoms with van der Waals surface area (Å²) >= 11 is 5.96. The minimum absolute atomic E-state index is 0.172. The lowest BCUT2D eigenvalue weighted by atomic mass is 9.88. The molecule has 0 saturated carbocycles. The zero-order valence-electron chi connectivity index (χ0n) is 19.2. The van der Waals surface area contributed by atoms with Gasteiger partial charge in [0.1, 0.15) is 18.9 Å². The summed E-state index contributed by atoms with van der Waals surface area (Å²) in [7, 11) is 0. The Morgan fingerprint density at radius 2 is 1.68 bits per heavy atom. The Hall–Kier alpha value is -3.65. The number of nitrogens with zero attached hydrogens (tertiary/aromatic N) is 2. The molecule has 0 aliphatic rings. The van der Waals surface area contributed by atoms with Gasteiger partial charge < -0.3 is 14.8 Å². The Morgan fingerprint density at radius 3 is 2.24 bits per heavy atom. The molecule has 1 N–H and O–H groups in total. The molecule has 8 nitrogen and oxygen atoms in total. The number of carbonyl (C=O) groups excluding carboxylic acids is 3. The molecule has 9 heteroatoms. The Morgan fingerprint density at radius 1 is 1.06 bits per heavy atom. The summed E-state index contributed by atoms with van der Waals surface area (Å²) in [6.45, 7) is 4.20. The van der Waals surface area contributed by atoms with Gasteiger partial charge in [-0.05, 0) is 49.2 Å². The minimum Gasteiger partial charge on any atom is -0.463 e. The van der Waals surface area contributed by atoms with E-state index in [1.54, 1.807) is 42.9 Å². The molecule has 0 radical (unpaired) electrons. The molecule has 3 aromatic rings. The van der Waals surface area contributed by atoms with Crippen LogP contribution in [-0.2, 0) is 19.1 Å². The highest BCUT2D eigenvalue weighted by atomic mass is 35.5. The lowest BCUT2D eigenvalue weighted by molar-refractivity contribution is -0.152. The number of amides is 1. The second-order valence-corrected chi connectivity index (χ2v) is 8.77. The van der Waals surface area contributed by atoms with E-state index in [4.69, 9.17) is 21.1 Å². The van der Waals surface area contributed by atoms with Gasteiger partial charge in [-0.1, -0.05) is 35.9 Å². The van der Waals surface area contributed by atoms with Crippen molar-refractivity contribution in [2.45, 2.75) is 27.0 Å². The predicted octanol–water partition coefficient (Wildman–Crippen LogP) is 4.06. The fourth-order valence-corrected chi connectivity index (χ4v) is 3.20. The number of rotatable bonds is 10. The minimum atomic E-state index is -1.07. The van der Waals surface area contributed by atoms with E-state index in [0.717, 1.165) is 11.1 Å². The Labute approximate surface area is 202 Å². The number of hydrogen-bond donors (Lipinski definition) is 1. The number of halogens is 1. The normalized spacial score (nSPS) is 12.0. The summed E-state index contributed by atoms with van der Waals surface area (Å²) in [5, 5.41) is 3.03. The summed E-state index contributed by atoms with van der Waals surface area (Å²) < 4.78 is 12.8. The van der Waals surface area contributed by atoms with Gasteiger partial charge in [-0.15, -0.1) is 0 Å². The molecule has 0 fully saturated rings. The fourth-order valence-electron chi connectivity index (χ4n) is 3.07. The first-order chi connectivity index (χ1) is 16.2. The summed E-state index contributed by atoms with van der Waals surface area (Å²) in [5.41, 5.74) is 0.908. The van der Waals surface area contributed by atoms with Crippen LogP contribution in [0.2, 0.25) is 5.02 Å². The summed E-state index contributed by atoms with van der Waals surface area (Å²) in [6, 6.07) is 14.8. The van der Waals surface area contributed by atoms with Crippen LogP contribution in [0.5, 0.6) is 5.75 Å². The van der Waals surface area contributed by atoms with Gasteiger partial charge in [-0.3, -0.25) is 19.0 Å². The molecule has 1 heterocycles. The molecule has 1 atom stereocenters. The van der Waals surface area contributed by atoms with E-state index in [1.165, 1.54) is 13.3 Å². The Kier molecular flexibility index (Phi) is 8.07. The third-order valence-electron chi connectivity index (χ3n) is 5.04. The lowest BCUT2D eigenvalue weighted by Gasteiger charge is -2.28. The highest BCUT2D eigenvalue weighted by Crippen LogP contribution is 2.29. The van der Waals surface area contributed by atoms with Crippen molar-refractivity contribution < 1.29 is 23.9 Å². The number of ether oxygens (including phenoxy) is 2. The van der Waals surface area contributed by atoms with Crippen LogP contribution in [0.4, 0.5) is 0 Å². The van der Waals surface area contributed by atoms with Crippen molar-refractivity contribution in [2.24, 2.45) is 5.41 Å². The SMILES string of the molecule is CC(=O)NCC(=O)OCC(C)(C)C(=O)C(Oc1ccc(-c2ccc(Cl)cc2)cc1)n1ccnc1. The maximum atomic E-state index is 13.4. The Bertz CT molecular complexity index is 1130. The van der Waals surface area contributed by atoms with E-state index >= 15 is 0 Å². The first-order valence-corrected chi connectivity index (χ1v) is 11.0. The van der Waals surface area contributed by atoms with Crippen LogP contribution in [0.3, 0.4) is 0 Å². The molecular formula is C25H26ClN3O5. The topological polar surface area (TPSA) is 99.5 Å². The standard InChI is InChI=1S/C25H26ClN3O5/c1-17(30)28-14-22(31)33-15-25(2,3)23(32)24(29-13-12-27-16-29)34-21-10-6-19(7-11-21)18-4-8-20(26)9-5-18/h4-13,16,24H,14-15H2,1-3H3,(H,28,30). The molecule has 2 aromatic carbocycles. The third kappa shape index (κ3) is 6.68. The molecule has 0 bridgehead atoms. The van der Waals surface area contributed by atoms with Crippen molar-refractivity contribution in [2.75, 3.05) is 13.2 Å². The van der Waals surface area contributed by atoms with Crippen LogP contribution in [-0.4, -0.2) is 40.4 Å². The van der Waals surface area contributed by atoms with E-state index in [-0.39, 0.29) is 24.8 Å². The monoisotopic (exact) mass is 483 g/mol. The van der Waals surface area contributed by atoms with Gasteiger partial charge in [0.25, 0.3) is 0 Å². The lowest BCUT2D eigenvalue weighted by Crippen LogP contribution is -2.40. The van der Waals surface area contributed by atoms with Gasteiger partial charge in [0.05, 0.1) is 11.7 Å². The molecule has 1 amide bonds. The maximum Gasteiger partial charge on any atom is 0.325 e. The largest absolute Gasteiger partial charge is 0.463 e. The van der Waals surface area contributed by atoms with Gasteiger partial charge in [0.2, 0.25) is 17.9 Å². The van der Waals surface area contributed by atoms with Crippen LogP contribution in [0.15, 0.2) is 67.3 Å². The van der Waals surface area contributed by atoms with Crippen LogP contribution in [0.1, 0.15) is 27.0 Å². The highest BCUT2D eigenvalue weighted by Gasteiger charge is 2.37. The van der Waals surface area contributed by atoms with Crippen molar-refractivity contribution >= 4 is 29.3 Å². The van der Waals surface area contributed by atoms with Crippen molar-refractivity contribution in [3.8, 4) is 16.9 Å². The number of hydrogen-bond acceptors (Lipinski definition) is 6. The third-order valence-corrected chi connectivity index (χ3v) is 5.29. The molecule has 1 aromatic heterocycles. The second-order valence-electron chi connectivity index (χ2n) is 8.33. The number of aromatic nitrogens is 2. The number of benzene rings is 2. The van der Waals surface area contributed by atoms with Crippen molar-refractivity contribution in [1.29, 1.82) is 0 Å². The summed E-state index contributed by atoms with van der Waals surface area (Å²) in [4.78, 5) is 40.3. The number of ketones is 1. The van der Waals surface area contributed by atoms with Crippen molar-refractivity contribution in [3.63, 3.8) is 0 Å². The van der Waals surface area contributed by atoms with Gasteiger partial charge in [-0.25, -0.2) is 4.98 Å². The van der Waals surface area contributed by atoms with E-state index in [2.05, 4.69) is 10.3 Å². The molecule has 0 aliphatic carbocycles.